The number of benzene rings is 1. The maximum atomic E-state index is 12.6. The Labute approximate surface area is 167 Å². The first-order valence-electron chi connectivity index (χ1n) is 8.67. The summed E-state index contributed by atoms with van der Waals surface area (Å²) >= 11 is 5.98. The van der Waals surface area contributed by atoms with Gasteiger partial charge in [-0.3, -0.25) is 20.4 Å². The zero-order valence-electron chi connectivity index (χ0n) is 15.5. The van der Waals surface area contributed by atoms with Gasteiger partial charge in [0, 0.05) is 46.8 Å². The number of H-pyrrole nitrogens is 1. The van der Waals surface area contributed by atoms with Crippen LogP contribution in [0.1, 0.15) is 27.4 Å². The van der Waals surface area contributed by atoms with Gasteiger partial charge in [-0.1, -0.05) is 17.7 Å². The summed E-state index contributed by atoms with van der Waals surface area (Å²) in [5.74, 6) is 0.290. The molecule has 3 rings (SSSR count). The minimum Gasteiger partial charge on any atom is -0.348 e. The normalized spacial score (nSPS) is 11.3. The first-order chi connectivity index (χ1) is 13.5. The lowest BCUT2D eigenvalue weighted by Gasteiger charge is -2.11. The molecule has 0 bridgehead atoms. The topological polar surface area (TPSA) is 108 Å². The van der Waals surface area contributed by atoms with E-state index in [1.54, 1.807) is 36.8 Å². The molecule has 1 aromatic carbocycles. The van der Waals surface area contributed by atoms with Gasteiger partial charge in [0.2, 0.25) is 11.9 Å². The average Bonchev–Trinajstić information content (AvgIpc) is 3.14. The highest BCUT2D eigenvalue weighted by molar-refractivity contribution is 6.31. The smallest absolute Gasteiger partial charge is 0.258 e. The molecule has 0 fully saturated rings. The van der Waals surface area contributed by atoms with Crippen LogP contribution in [-0.4, -0.2) is 38.3 Å². The molecule has 0 aliphatic heterocycles. The summed E-state index contributed by atoms with van der Waals surface area (Å²) in [5, 5.41) is 6.24. The molecule has 28 heavy (non-hydrogen) atoms. The van der Waals surface area contributed by atoms with Crippen LogP contribution in [0.2, 0.25) is 5.02 Å². The van der Waals surface area contributed by atoms with Crippen LogP contribution >= 0.6 is 11.6 Å². The molecule has 0 spiro atoms. The summed E-state index contributed by atoms with van der Waals surface area (Å²) in [6, 6.07) is 8.56. The number of aromatic amines is 1. The molecule has 0 saturated carbocycles. The molecule has 0 radical (unpaired) electrons. The van der Waals surface area contributed by atoms with E-state index in [1.165, 1.54) is 0 Å². The quantitative estimate of drug-likeness (QED) is 0.453. The van der Waals surface area contributed by atoms with E-state index in [-0.39, 0.29) is 11.9 Å². The van der Waals surface area contributed by atoms with E-state index < -0.39 is 0 Å². The van der Waals surface area contributed by atoms with Gasteiger partial charge in [0.1, 0.15) is 0 Å². The second kappa shape index (κ2) is 9.09. The number of amides is 1. The van der Waals surface area contributed by atoms with Gasteiger partial charge in [0.05, 0.1) is 6.33 Å². The van der Waals surface area contributed by atoms with E-state index in [0.29, 0.717) is 29.5 Å². The molecule has 8 nitrogen and oxygen atoms in total. The van der Waals surface area contributed by atoms with Gasteiger partial charge in [0.15, 0.2) is 0 Å². The molecule has 2 aromatic heterocycles. The molecule has 3 aromatic rings. The van der Waals surface area contributed by atoms with Crippen LogP contribution in [0.15, 0.2) is 47.8 Å². The van der Waals surface area contributed by atoms with Crippen molar-refractivity contribution in [2.24, 2.45) is 4.99 Å². The number of aryl methyl sites for hydroxylation is 2. The van der Waals surface area contributed by atoms with Crippen molar-refractivity contribution in [2.45, 2.75) is 20.3 Å². The van der Waals surface area contributed by atoms with Crippen LogP contribution in [0.5, 0.6) is 0 Å². The molecule has 1 amide bonds. The third-order valence-electron chi connectivity index (χ3n) is 3.74. The minimum absolute atomic E-state index is 0.259. The molecule has 2 heterocycles. The van der Waals surface area contributed by atoms with Crippen LogP contribution in [-0.2, 0) is 6.42 Å². The molecule has 0 unspecified atom stereocenters. The Morgan fingerprint density at radius 2 is 2.00 bits per heavy atom. The van der Waals surface area contributed by atoms with Gasteiger partial charge in [-0.15, -0.1) is 0 Å². The summed E-state index contributed by atoms with van der Waals surface area (Å²) in [5.41, 5.74) is 3.00. The van der Waals surface area contributed by atoms with E-state index in [4.69, 9.17) is 11.6 Å². The lowest BCUT2D eigenvalue weighted by molar-refractivity contribution is 0.0977. The number of aromatic nitrogens is 4. The van der Waals surface area contributed by atoms with Crippen molar-refractivity contribution >= 4 is 29.4 Å². The van der Waals surface area contributed by atoms with E-state index in [2.05, 4.69) is 35.6 Å². The SMILES string of the molecule is Cc1cc(C)nc(NC(=NCCc2cnc[nH]2)NC(=O)c2cccc(Cl)c2)n1. The number of guanidine groups is 1. The molecule has 0 aliphatic rings. The third kappa shape index (κ3) is 5.62. The Morgan fingerprint density at radius 1 is 1.21 bits per heavy atom. The lowest BCUT2D eigenvalue weighted by atomic mass is 10.2. The van der Waals surface area contributed by atoms with Crippen molar-refractivity contribution < 1.29 is 4.79 Å². The van der Waals surface area contributed by atoms with Crippen LogP contribution in [0, 0.1) is 13.8 Å². The summed E-state index contributed by atoms with van der Waals surface area (Å²) in [7, 11) is 0. The van der Waals surface area contributed by atoms with Crippen molar-refractivity contribution in [3.05, 3.63) is 70.5 Å². The molecular formula is C19H20ClN7O. The number of hydrogen-bond donors (Lipinski definition) is 3. The molecule has 0 saturated heterocycles. The van der Waals surface area contributed by atoms with Gasteiger partial charge in [-0.05, 0) is 38.1 Å². The number of nitrogens with zero attached hydrogens (tertiary/aromatic N) is 4. The van der Waals surface area contributed by atoms with Crippen molar-refractivity contribution in [1.82, 2.24) is 25.3 Å². The minimum atomic E-state index is -0.334. The maximum Gasteiger partial charge on any atom is 0.258 e. The number of rotatable bonds is 5. The fourth-order valence-electron chi connectivity index (χ4n) is 2.52. The van der Waals surface area contributed by atoms with Gasteiger partial charge >= 0.3 is 0 Å². The number of nitrogens with one attached hydrogen (secondary N) is 3. The first-order valence-corrected chi connectivity index (χ1v) is 9.05. The van der Waals surface area contributed by atoms with E-state index >= 15 is 0 Å². The van der Waals surface area contributed by atoms with Crippen LogP contribution in [0.25, 0.3) is 0 Å². The second-order valence-electron chi connectivity index (χ2n) is 6.12. The molecule has 3 N–H and O–H groups in total. The first kappa shape index (κ1) is 19.5. The Balaban J connectivity index is 1.77. The summed E-state index contributed by atoms with van der Waals surface area (Å²) in [4.78, 5) is 32.7. The fourth-order valence-corrected chi connectivity index (χ4v) is 2.71. The summed E-state index contributed by atoms with van der Waals surface area (Å²) in [6.45, 7) is 4.18. The number of anilines is 1. The zero-order valence-corrected chi connectivity index (χ0v) is 16.3. The fraction of sp³-hybridized carbons (Fsp3) is 0.211. The van der Waals surface area contributed by atoms with Gasteiger partial charge in [-0.2, -0.15) is 0 Å². The summed E-state index contributed by atoms with van der Waals surface area (Å²) < 4.78 is 0. The second-order valence-corrected chi connectivity index (χ2v) is 6.56. The molecule has 0 aliphatic carbocycles. The van der Waals surface area contributed by atoms with Crippen LogP contribution < -0.4 is 10.6 Å². The number of carbonyl (C=O) groups excluding carboxylic acids is 1. The third-order valence-corrected chi connectivity index (χ3v) is 3.97. The molecule has 9 heteroatoms. The molecular weight excluding hydrogens is 378 g/mol. The van der Waals surface area contributed by atoms with E-state index in [1.807, 2.05) is 19.9 Å². The standard InChI is InChI=1S/C19H20ClN7O/c1-12-8-13(2)25-19(24-12)27-18(22-7-6-16-10-21-11-23-16)26-17(28)14-4-3-5-15(20)9-14/h3-5,8-11H,6-7H2,1-2H3,(H,21,23)(H2,22,24,25,26,27,28). The van der Waals surface area contributed by atoms with E-state index in [0.717, 1.165) is 17.1 Å². The number of imidazole rings is 1. The lowest BCUT2D eigenvalue weighted by Crippen LogP contribution is -2.37. The zero-order chi connectivity index (χ0) is 19.9. The van der Waals surface area contributed by atoms with Crippen molar-refractivity contribution in [2.75, 3.05) is 11.9 Å². The average molecular weight is 398 g/mol. The highest BCUT2D eigenvalue weighted by atomic mass is 35.5. The maximum absolute atomic E-state index is 12.6. The monoisotopic (exact) mass is 397 g/mol. The predicted octanol–water partition coefficient (Wildman–Crippen LogP) is 2.91. The van der Waals surface area contributed by atoms with Crippen LogP contribution in [0.3, 0.4) is 0 Å². The Kier molecular flexibility index (Phi) is 6.33. The number of aliphatic imine (C=N–C) groups is 1. The summed E-state index contributed by atoms with van der Waals surface area (Å²) in [6.07, 6.45) is 3.99. The molecule has 144 valence electrons. The Morgan fingerprint density at radius 3 is 2.68 bits per heavy atom. The largest absolute Gasteiger partial charge is 0.348 e. The van der Waals surface area contributed by atoms with Crippen molar-refractivity contribution in [3.63, 3.8) is 0 Å². The van der Waals surface area contributed by atoms with Gasteiger partial charge in [0.25, 0.3) is 5.91 Å². The van der Waals surface area contributed by atoms with E-state index in [9.17, 15) is 4.79 Å². The Bertz CT molecular complexity index is 965. The highest BCUT2D eigenvalue weighted by Gasteiger charge is 2.11. The van der Waals surface area contributed by atoms with Gasteiger partial charge in [-0.25, -0.2) is 15.0 Å². The number of halogens is 1. The highest BCUT2D eigenvalue weighted by Crippen LogP contribution is 2.10. The Hall–Kier alpha value is -3.26. The number of hydrogen-bond acceptors (Lipinski definition) is 5. The van der Waals surface area contributed by atoms with Crippen molar-refractivity contribution in [3.8, 4) is 0 Å². The van der Waals surface area contributed by atoms with Crippen LogP contribution in [0.4, 0.5) is 5.95 Å². The number of carbonyl (C=O) groups is 1. The predicted molar refractivity (Wildman–Crippen MR) is 109 cm³/mol. The van der Waals surface area contributed by atoms with Gasteiger partial charge < -0.3 is 4.98 Å². The van der Waals surface area contributed by atoms with Crippen molar-refractivity contribution in [1.29, 1.82) is 0 Å². The molecule has 0 atom stereocenters.